The van der Waals surface area contributed by atoms with Crippen LogP contribution in [0.2, 0.25) is 0 Å². The fraction of sp³-hybridized carbons (Fsp3) is 0.188. The highest BCUT2D eigenvalue weighted by atomic mass is 16.1. The molecule has 0 aromatic heterocycles. The Balaban J connectivity index is 2.10. The van der Waals surface area contributed by atoms with E-state index in [9.17, 15) is 4.79 Å². The van der Waals surface area contributed by atoms with Gasteiger partial charge in [-0.05, 0) is 36.8 Å². The molecule has 0 atom stereocenters. The highest BCUT2D eigenvalue weighted by molar-refractivity contribution is 5.97. The van der Waals surface area contributed by atoms with Crippen LogP contribution in [0.15, 0.2) is 48.5 Å². The van der Waals surface area contributed by atoms with Gasteiger partial charge in [0.25, 0.3) is 0 Å². The van der Waals surface area contributed by atoms with Crippen molar-refractivity contribution >= 4 is 23.0 Å². The highest BCUT2D eigenvalue weighted by Crippen LogP contribution is 2.34. The third kappa shape index (κ3) is 2.32. The van der Waals surface area contributed by atoms with E-state index in [4.69, 9.17) is 0 Å². The summed E-state index contributed by atoms with van der Waals surface area (Å²) in [6.07, 6.45) is 0.503. The van der Waals surface area contributed by atoms with Crippen molar-refractivity contribution in [2.45, 2.75) is 13.3 Å². The molecule has 1 aliphatic rings. The molecule has 2 aromatic carbocycles. The van der Waals surface area contributed by atoms with Crippen molar-refractivity contribution in [2.75, 3.05) is 16.8 Å². The van der Waals surface area contributed by atoms with Crippen molar-refractivity contribution in [2.24, 2.45) is 0 Å². The Morgan fingerprint density at radius 3 is 2.68 bits per heavy atom. The van der Waals surface area contributed by atoms with Gasteiger partial charge >= 0.3 is 0 Å². The summed E-state index contributed by atoms with van der Waals surface area (Å²) in [6, 6.07) is 16.3. The van der Waals surface area contributed by atoms with E-state index in [1.807, 2.05) is 31.2 Å². The van der Waals surface area contributed by atoms with E-state index in [-0.39, 0.29) is 5.91 Å². The van der Waals surface area contributed by atoms with Gasteiger partial charge < -0.3 is 10.2 Å². The third-order valence-corrected chi connectivity index (χ3v) is 3.35. The van der Waals surface area contributed by atoms with Gasteiger partial charge in [-0.3, -0.25) is 4.79 Å². The third-order valence-electron chi connectivity index (χ3n) is 3.35. The summed E-state index contributed by atoms with van der Waals surface area (Å²) in [5.41, 5.74) is 4.21. The molecule has 0 saturated carbocycles. The minimum absolute atomic E-state index is 0.0743. The summed E-state index contributed by atoms with van der Waals surface area (Å²) in [5.74, 6) is 0.0743. The van der Waals surface area contributed by atoms with Gasteiger partial charge in [-0.1, -0.05) is 24.3 Å². The SMILES string of the molecule is Cc1ccc2c(c1)NC(=O)CCN2c1ccccc1. The number of hydrogen-bond donors (Lipinski definition) is 1. The fourth-order valence-corrected chi connectivity index (χ4v) is 2.41. The van der Waals surface area contributed by atoms with Gasteiger partial charge in [-0.2, -0.15) is 0 Å². The molecule has 1 aliphatic heterocycles. The molecule has 0 radical (unpaired) electrons. The number of carbonyl (C=O) groups is 1. The molecule has 1 heterocycles. The Morgan fingerprint density at radius 1 is 1.11 bits per heavy atom. The maximum atomic E-state index is 11.8. The Hall–Kier alpha value is -2.29. The van der Waals surface area contributed by atoms with E-state index in [1.165, 1.54) is 0 Å². The number of fused-ring (bicyclic) bond motifs is 1. The summed E-state index contributed by atoms with van der Waals surface area (Å²) < 4.78 is 0. The Labute approximate surface area is 112 Å². The number of benzene rings is 2. The van der Waals surface area contributed by atoms with Crippen LogP contribution in [0.4, 0.5) is 17.1 Å². The minimum atomic E-state index is 0.0743. The van der Waals surface area contributed by atoms with E-state index >= 15 is 0 Å². The predicted molar refractivity (Wildman–Crippen MR) is 77.9 cm³/mol. The lowest BCUT2D eigenvalue weighted by Crippen LogP contribution is -2.18. The van der Waals surface area contributed by atoms with Gasteiger partial charge in [0.2, 0.25) is 5.91 Å². The number of nitrogens with zero attached hydrogens (tertiary/aromatic N) is 1. The lowest BCUT2D eigenvalue weighted by molar-refractivity contribution is -0.115. The maximum Gasteiger partial charge on any atom is 0.226 e. The van der Waals surface area contributed by atoms with Crippen molar-refractivity contribution in [1.82, 2.24) is 0 Å². The van der Waals surface area contributed by atoms with Gasteiger partial charge in [0.1, 0.15) is 0 Å². The molecular formula is C16H16N2O. The molecule has 1 N–H and O–H groups in total. The predicted octanol–water partition coefficient (Wildman–Crippen LogP) is 3.48. The smallest absolute Gasteiger partial charge is 0.226 e. The van der Waals surface area contributed by atoms with Crippen LogP contribution in [0.1, 0.15) is 12.0 Å². The van der Waals surface area contributed by atoms with Crippen LogP contribution >= 0.6 is 0 Å². The summed E-state index contributed by atoms with van der Waals surface area (Å²) in [6.45, 7) is 2.73. The van der Waals surface area contributed by atoms with Gasteiger partial charge in [0, 0.05) is 18.7 Å². The van der Waals surface area contributed by atoms with Crippen LogP contribution in [0.25, 0.3) is 0 Å². The lowest BCUT2D eigenvalue weighted by Gasteiger charge is -2.24. The molecule has 0 aliphatic carbocycles. The number of rotatable bonds is 1. The van der Waals surface area contributed by atoms with Gasteiger partial charge in [-0.15, -0.1) is 0 Å². The van der Waals surface area contributed by atoms with E-state index < -0.39 is 0 Å². The molecule has 1 amide bonds. The Bertz CT molecular complexity index is 607. The summed E-state index contributed by atoms with van der Waals surface area (Å²) in [4.78, 5) is 14.0. The molecular weight excluding hydrogens is 236 g/mol. The average molecular weight is 252 g/mol. The normalized spacial score (nSPS) is 14.6. The minimum Gasteiger partial charge on any atom is -0.339 e. The molecule has 0 saturated heterocycles. The van der Waals surface area contributed by atoms with E-state index in [2.05, 4.69) is 34.5 Å². The molecule has 0 bridgehead atoms. The fourth-order valence-electron chi connectivity index (χ4n) is 2.41. The molecule has 19 heavy (non-hydrogen) atoms. The summed E-state index contributed by atoms with van der Waals surface area (Å²) >= 11 is 0. The molecule has 0 fully saturated rings. The van der Waals surface area contributed by atoms with Crippen LogP contribution in [-0.4, -0.2) is 12.5 Å². The molecule has 2 aromatic rings. The first-order valence-corrected chi connectivity index (χ1v) is 6.47. The van der Waals surface area contributed by atoms with Crippen molar-refractivity contribution < 1.29 is 4.79 Å². The van der Waals surface area contributed by atoms with Crippen LogP contribution in [0.5, 0.6) is 0 Å². The first kappa shape index (κ1) is 11.8. The van der Waals surface area contributed by atoms with Crippen molar-refractivity contribution in [3.8, 4) is 0 Å². The largest absolute Gasteiger partial charge is 0.339 e. The van der Waals surface area contributed by atoms with Crippen molar-refractivity contribution in [1.29, 1.82) is 0 Å². The topological polar surface area (TPSA) is 32.3 Å². The Morgan fingerprint density at radius 2 is 1.89 bits per heavy atom. The van der Waals surface area contributed by atoms with Crippen LogP contribution in [-0.2, 0) is 4.79 Å². The van der Waals surface area contributed by atoms with Gasteiger partial charge in [0.05, 0.1) is 11.4 Å². The highest BCUT2D eigenvalue weighted by Gasteiger charge is 2.19. The first-order chi connectivity index (χ1) is 9.24. The van der Waals surface area contributed by atoms with Crippen LogP contribution in [0.3, 0.4) is 0 Å². The number of hydrogen-bond acceptors (Lipinski definition) is 2. The van der Waals surface area contributed by atoms with Gasteiger partial charge in [0.15, 0.2) is 0 Å². The van der Waals surface area contributed by atoms with Crippen LogP contribution < -0.4 is 10.2 Å². The summed E-state index contributed by atoms with van der Waals surface area (Å²) in [5, 5.41) is 2.98. The zero-order valence-electron chi connectivity index (χ0n) is 10.9. The quantitative estimate of drug-likeness (QED) is 0.842. The zero-order chi connectivity index (χ0) is 13.2. The first-order valence-electron chi connectivity index (χ1n) is 6.47. The maximum absolute atomic E-state index is 11.8. The molecule has 3 nitrogen and oxygen atoms in total. The van der Waals surface area contributed by atoms with Crippen molar-refractivity contribution in [3.63, 3.8) is 0 Å². The van der Waals surface area contributed by atoms with Gasteiger partial charge in [-0.25, -0.2) is 0 Å². The second kappa shape index (κ2) is 4.76. The van der Waals surface area contributed by atoms with E-state index in [0.29, 0.717) is 13.0 Å². The number of carbonyl (C=O) groups excluding carboxylic acids is 1. The average Bonchev–Trinajstić information content (AvgIpc) is 2.57. The van der Waals surface area contributed by atoms with E-state index in [0.717, 1.165) is 22.6 Å². The summed E-state index contributed by atoms with van der Waals surface area (Å²) in [7, 11) is 0. The number of anilines is 3. The number of para-hydroxylation sites is 1. The molecule has 0 spiro atoms. The molecule has 0 unspecified atom stereocenters. The van der Waals surface area contributed by atoms with E-state index in [1.54, 1.807) is 0 Å². The monoisotopic (exact) mass is 252 g/mol. The van der Waals surface area contributed by atoms with Crippen molar-refractivity contribution in [3.05, 3.63) is 54.1 Å². The zero-order valence-corrected chi connectivity index (χ0v) is 10.9. The number of aryl methyl sites for hydroxylation is 1. The molecule has 3 rings (SSSR count). The number of amides is 1. The second-order valence-electron chi connectivity index (χ2n) is 4.81. The number of nitrogens with one attached hydrogen (secondary N) is 1. The van der Waals surface area contributed by atoms with Crippen LogP contribution in [0, 0.1) is 6.92 Å². The Kier molecular flexibility index (Phi) is 2.95. The molecule has 3 heteroatoms. The molecule has 96 valence electrons. The second-order valence-corrected chi connectivity index (χ2v) is 4.81. The standard InChI is InChI=1S/C16H16N2O/c1-12-7-8-15-14(11-12)17-16(19)9-10-18(15)13-5-3-2-4-6-13/h2-8,11H,9-10H2,1H3,(H,17,19). The lowest BCUT2D eigenvalue weighted by atomic mass is 10.1.